The summed E-state index contributed by atoms with van der Waals surface area (Å²) in [5, 5.41) is 9.76. The first kappa shape index (κ1) is 18.0. The Morgan fingerprint density at radius 3 is 2.50 bits per heavy atom. The summed E-state index contributed by atoms with van der Waals surface area (Å²) in [6.07, 6.45) is 0.0919. The summed E-state index contributed by atoms with van der Waals surface area (Å²) in [7, 11) is 0. The molecule has 0 spiro atoms. The zero-order valence-corrected chi connectivity index (χ0v) is 15.4. The number of amides is 2. The second kappa shape index (κ2) is 8.05. The number of aryl methyl sites for hydroxylation is 2. The Labute approximate surface area is 156 Å². The Kier molecular flexibility index (Phi) is 5.58. The highest BCUT2D eigenvalue weighted by molar-refractivity contribution is 8.15. The number of hydrogen-bond acceptors (Lipinski definition) is 5. The average Bonchev–Trinajstić information content (AvgIpc) is 2.97. The monoisotopic (exact) mass is 368 g/mol. The second-order valence-corrected chi connectivity index (χ2v) is 7.20. The lowest BCUT2D eigenvalue weighted by Gasteiger charge is -2.12. The van der Waals surface area contributed by atoms with Crippen LogP contribution in [0.5, 0.6) is 0 Å². The van der Waals surface area contributed by atoms with Gasteiger partial charge in [-0.15, -0.1) is 5.10 Å². The van der Waals surface area contributed by atoms with Crippen LogP contribution >= 0.6 is 11.8 Å². The van der Waals surface area contributed by atoms with Crippen molar-refractivity contribution in [2.45, 2.75) is 25.5 Å². The van der Waals surface area contributed by atoms with E-state index in [1.807, 2.05) is 62.4 Å². The molecular weight excluding hydrogens is 348 g/mol. The number of hydrazone groups is 1. The topological polar surface area (TPSA) is 82.6 Å². The molecule has 1 aliphatic rings. The van der Waals surface area contributed by atoms with E-state index in [9.17, 15) is 9.59 Å². The molecule has 0 radical (unpaired) electrons. The lowest BCUT2D eigenvalue weighted by Crippen LogP contribution is -2.28. The third-order valence-corrected chi connectivity index (χ3v) is 5.03. The summed E-state index contributed by atoms with van der Waals surface area (Å²) in [4.78, 5) is 24.4. The molecule has 0 unspecified atom stereocenters. The van der Waals surface area contributed by atoms with E-state index in [1.165, 1.54) is 11.8 Å². The van der Waals surface area contributed by atoms with Gasteiger partial charge in [-0.1, -0.05) is 48.2 Å². The van der Waals surface area contributed by atoms with Crippen molar-refractivity contribution in [2.75, 3.05) is 10.7 Å². The molecule has 0 aliphatic carbocycles. The van der Waals surface area contributed by atoms with Crippen LogP contribution in [0.25, 0.3) is 0 Å². The summed E-state index contributed by atoms with van der Waals surface area (Å²) in [6.45, 7) is 3.89. The largest absolute Gasteiger partial charge is 0.326 e. The zero-order chi connectivity index (χ0) is 18.5. The number of benzene rings is 2. The van der Waals surface area contributed by atoms with Crippen molar-refractivity contribution in [3.05, 3.63) is 59.7 Å². The standard InChI is InChI=1S/C19H20N4O2S/c1-12-7-6-8-13(2)17(12)20-16(24)11-15-18(25)21-19(26-15)23-22-14-9-4-3-5-10-14/h3-10,15,22H,11H2,1-2H3,(H,20,24)(H,21,23,25)/t15-/m1/s1. The molecule has 0 bridgehead atoms. The SMILES string of the molecule is Cc1cccc(C)c1NC(=O)C[C@H]1S/C(=N/Nc2ccccc2)NC1=O. The predicted molar refractivity (Wildman–Crippen MR) is 106 cm³/mol. The van der Waals surface area contributed by atoms with E-state index in [0.29, 0.717) is 5.17 Å². The van der Waals surface area contributed by atoms with Crippen LogP contribution in [0.2, 0.25) is 0 Å². The van der Waals surface area contributed by atoms with Gasteiger partial charge in [-0.05, 0) is 37.1 Å². The van der Waals surface area contributed by atoms with Crippen molar-refractivity contribution in [1.82, 2.24) is 5.32 Å². The molecule has 1 heterocycles. The van der Waals surface area contributed by atoms with E-state index < -0.39 is 5.25 Å². The van der Waals surface area contributed by atoms with Crippen LogP contribution in [-0.2, 0) is 9.59 Å². The fourth-order valence-electron chi connectivity index (χ4n) is 2.59. The fourth-order valence-corrected chi connectivity index (χ4v) is 3.52. The maximum atomic E-state index is 12.3. The highest BCUT2D eigenvalue weighted by Crippen LogP contribution is 2.25. The Morgan fingerprint density at radius 1 is 1.12 bits per heavy atom. The lowest BCUT2D eigenvalue weighted by atomic mass is 10.1. The van der Waals surface area contributed by atoms with Crippen molar-refractivity contribution in [3.63, 3.8) is 0 Å². The van der Waals surface area contributed by atoms with Crippen molar-refractivity contribution in [1.29, 1.82) is 0 Å². The van der Waals surface area contributed by atoms with Gasteiger partial charge in [0.05, 0.1) is 5.69 Å². The van der Waals surface area contributed by atoms with Gasteiger partial charge in [-0.2, -0.15) is 0 Å². The fraction of sp³-hybridized carbons (Fsp3) is 0.211. The normalized spacial score (nSPS) is 17.8. The molecule has 2 aromatic rings. The third kappa shape index (κ3) is 4.43. The van der Waals surface area contributed by atoms with Crippen LogP contribution in [0.4, 0.5) is 11.4 Å². The molecule has 3 rings (SSSR count). The molecule has 2 amide bonds. The molecule has 7 heteroatoms. The van der Waals surface area contributed by atoms with Gasteiger partial charge in [-0.25, -0.2) is 0 Å². The number of hydrogen-bond donors (Lipinski definition) is 3. The van der Waals surface area contributed by atoms with Crippen molar-refractivity contribution < 1.29 is 9.59 Å². The van der Waals surface area contributed by atoms with Crippen LogP contribution in [0.1, 0.15) is 17.5 Å². The number of carbonyl (C=O) groups excluding carboxylic acids is 2. The summed E-state index contributed by atoms with van der Waals surface area (Å²) in [5.41, 5.74) is 6.51. The number of nitrogens with one attached hydrogen (secondary N) is 3. The molecule has 0 saturated carbocycles. The van der Waals surface area contributed by atoms with Gasteiger partial charge in [0.1, 0.15) is 5.25 Å². The van der Waals surface area contributed by atoms with Gasteiger partial charge in [-0.3, -0.25) is 15.0 Å². The van der Waals surface area contributed by atoms with Crippen LogP contribution in [0.3, 0.4) is 0 Å². The Hall–Kier alpha value is -2.80. The van der Waals surface area contributed by atoms with Crippen LogP contribution in [0.15, 0.2) is 53.6 Å². The predicted octanol–water partition coefficient (Wildman–Crippen LogP) is 3.25. The minimum absolute atomic E-state index is 0.0919. The number of thioether (sulfide) groups is 1. The maximum absolute atomic E-state index is 12.3. The molecule has 0 aromatic heterocycles. The molecule has 134 valence electrons. The molecule has 1 atom stereocenters. The van der Waals surface area contributed by atoms with E-state index in [0.717, 1.165) is 22.5 Å². The lowest BCUT2D eigenvalue weighted by molar-refractivity contribution is -0.122. The second-order valence-electron chi connectivity index (χ2n) is 6.01. The van der Waals surface area contributed by atoms with Crippen molar-refractivity contribution >= 4 is 40.1 Å². The number of anilines is 2. The molecular formula is C19H20N4O2S. The summed E-state index contributed by atoms with van der Waals surface area (Å²) in [6, 6.07) is 15.3. The summed E-state index contributed by atoms with van der Waals surface area (Å²) in [5.74, 6) is -0.396. The minimum Gasteiger partial charge on any atom is -0.326 e. The third-order valence-electron chi connectivity index (χ3n) is 3.95. The molecule has 3 N–H and O–H groups in total. The number of amidine groups is 1. The van der Waals surface area contributed by atoms with Gasteiger partial charge in [0.15, 0.2) is 5.17 Å². The van der Waals surface area contributed by atoms with E-state index >= 15 is 0 Å². The Morgan fingerprint density at radius 2 is 1.81 bits per heavy atom. The van der Waals surface area contributed by atoms with E-state index in [1.54, 1.807) is 0 Å². The Bertz CT molecular complexity index is 832. The van der Waals surface area contributed by atoms with Crippen molar-refractivity contribution in [2.24, 2.45) is 5.10 Å². The van der Waals surface area contributed by atoms with Crippen LogP contribution < -0.4 is 16.1 Å². The average molecular weight is 368 g/mol. The number of nitrogens with zero attached hydrogens (tertiary/aromatic N) is 1. The first-order valence-electron chi connectivity index (χ1n) is 8.25. The minimum atomic E-state index is -0.490. The van der Waals surface area contributed by atoms with Gasteiger partial charge in [0.2, 0.25) is 11.8 Å². The number of carbonyl (C=O) groups is 2. The maximum Gasteiger partial charge on any atom is 0.240 e. The van der Waals surface area contributed by atoms with Crippen molar-refractivity contribution in [3.8, 4) is 0 Å². The first-order valence-corrected chi connectivity index (χ1v) is 9.13. The highest BCUT2D eigenvalue weighted by atomic mass is 32.2. The zero-order valence-electron chi connectivity index (χ0n) is 14.6. The van der Waals surface area contributed by atoms with Crippen LogP contribution in [-0.4, -0.2) is 22.2 Å². The van der Waals surface area contributed by atoms with Gasteiger partial charge < -0.3 is 10.6 Å². The van der Waals surface area contributed by atoms with E-state index in [-0.39, 0.29) is 18.2 Å². The first-order chi connectivity index (χ1) is 12.5. The van der Waals surface area contributed by atoms with Gasteiger partial charge >= 0.3 is 0 Å². The van der Waals surface area contributed by atoms with E-state index in [2.05, 4.69) is 21.2 Å². The molecule has 1 saturated heterocycles. The molecule has 26 heavy (non-hydrogen) atoms. The molecule has 1 fully saturated rings. The van der Waals surface area contributed by atoms with E-state index in [4.69, 9.17) is 0 Å². The molecule has 6 nitrogen and oxygen atoms in total. The quantitative estimate of drug-likeness (QED) is 0.708. The summed E-state index contributed by atoms with van der Waals surface area (Å²) < 4.78 is 0. The van der Waals surface area contributed by atoms with Gasteiger partial charge in [0, 0.05) is 12.1 Å². The van der Waals surface area contributed by atoms with Crippen LogP contribution in [0, 0.1) is 13.8 Å². The molecule has 1 aliphatic heterocycles. The summed E-state index contributed by atoms with van der Waals surface area (Å²) >= 11 is 1.25. The number of para-hydroxylation sites is 2. The highest BCUT2D eigenvalue weighted by Gasteiger charge is 2.32. The molecule has 2 aromatic carbocycles. The Balaban J connectivity index is 1.58. The number of rotatable bonds is 5. The smallest absolute Gasteiger partial charge is 0.240 e. The van der Waals surface area contributed by atoms with Gasteiger partial charge in [0.25, 0.3) is 0 Å².